The number of carbonyl (C=O) groups excluding carboxylic acids is 2. The molecule has 6 rings (SSSR count). The van der Waals surface area contributed by atoms with Crippen molar-refractivity contribution < 1.29 is 9.59 Å². The number of rotatable bonds is 3. The number of hydrogen-bond donors (Lipinski definition) is 0. The van der Waals surface area contributed by atoms with Gasteiger partial charge in [0.15, 0.2) is 0 Å². The largest absolute Gasteiger partial charge is 0.356 e. The van der Waals surface area contributed by atoms with Gasteiger partial charge in [0.05, 0.1) is 16.8 Å². The minimum Gasteiger partial charge on any atom is -0.356 e. The molecular weight excluding hydrogens is 466 g/mol. The van der Waals surface area contributed by atoms with Gasteiger partial charge in [-0.15, -0.1) is 0 Å². The van der Waals surface area contributed by atoms with E-state index in [1.807, 2.05) is 60.7 Å². The van der Waals surface area contributed by atoms with Crippen LogP contribution in [0.2, 0.25) is 0 Å². The minimum atomic E-state index is -0.267. The van der Waals surface area contributed by atoms with Crippen LogP contribution in [0.5, 0.6) is 0 Å². The summed E-state index contributed by atoms with van der Waals surface area (Å²) < 4.78 is 3.05. The quantitative estimate of drug-likeness (QED) is 0.387. The summed E-state index contributed by atoms with van der Waals surface area (Å²) in [5, 5.41) is 6.48. The molecule has 2 amide bonds. The summed E-state index contributed by atoms with van der Waals surface area (Å²) in [6, 6.07) is 22.8. The Morgan fingerprint density at radius 2 is 1.35 bits per heavy atom. The highest BCUT2D eigenvalue weighted by atomic mass is 16.2. The lowest BCUT2D eigenvalue weighted by Gasteiger charge is -2.35. The second kappa shape index (κ2) is 9.05. The van der Waals surface area contributed by atoms with Gasteiger partial charge < -0.3 is 14.4 Å². The summed E-state index contributed by atoms with van der Waals surface area (Å²) >= 11 is 0. The molecule has 0 N–H and O–H groups in total. The molecule has 8 heteroatoms. The zero-order chi connectivity index (χ0) is 25.5. The number of pyridine rings is 1. The van der Waals surface area contributed by atoms with E-state index in [-0.39, 0.29) is 17.4 Å². The van der Waals surface area contributed by atoms with Crippen molar-refractivity contribution in [1.29, 1.82) is 0 Å². The third kappa shape index (κ3) is 3.96. The molecule has 0 bridgehead atoms. The maximum absolute atomic E-state index is 13.6. The standard InChI is InChI=1S/C29H25N5O3/c1-31-18-24(26-25(19-31)29(37)34(30-26)21-10-3-2-4-11-21)28(36)33-16-14-32(15-17-33)27(35)23-13-7-9-20-8-5-6-12-22(20)23/h2-13,18-19H,14-17H2,1H3. The highest BCUT2D eigenvalue weighted by Gasteiger charge is 2.30. The fraction of sp³-hybridized carbons (Fsp3) is 0.172. The summed E-state index contributed by atoms with van der Waals surface area (Å²) in [4.78, 5) is 43.6. The number of fused-ring (bicyclic) bond motifs is 2. The van der Waals surface area contributed by atoms with Crippen molar-refractivity contribution in [2.75, 3.05) is 26.2 Å². The Bertz CT molecular complexity index is 1660. The molecule has 0 atom stereocenters. The summed E-state index contributed by atoms with van der Waals surface area (Å²) in [6.07, 6.45) is 3.40. The summed E-state index contributed by atoms with van der Waals surface area (Å²) in [5.41, 5.74) is 2.19. The molecule has 0 aliphatic carbocycles. The molecule has 3 aliphatic rings. The van der Waals surface area contributed by atoms with Crippen molar-refractivity contribution in [3.05, 3.63) is 107 Å². The number of para-hydroxylation sites is 1. The molecule has 184 valence electrons. The molecule has 3 aliphatic heterocycles. The summed E-state index contributed by atoms with van der Waals surface area (Å²) in [5.74, 6) is -0.230. The number of hydrogen-bond acceptors (Lipinski definition) is 4. The first-order chi connectivity index (χ1) is 18.0. The van der Waals surface area contributed by atoms with E-state index >= 15 is 0 Å². The Morgan fingerprint density at radius 1 is 0.730 bits per heavy atom. The average molecular weight is 492 g/mol. The number of aryl methyl sites for hydroxylation is 1. The van der Waals surface area contributed by atoms with Gasteiger partial charge in [0.1, 0.15) is 5.69 Å². The first-order valence-electron chi connectivity index (χ1n) is 12.2. The molecule has 0 spiro atoms. The van der Waals surface area contributed by atoms with Crippen LogP contribution in [0.1, 0.15) is 20.7 Å². The number of amides is 2. The zero-order valence-corrected chi connectivity index (χ0v) is 20.4. The highest BCUT2D eigenvalue weighted by molar-refractivity contribution is 6.07. The monoisotopic (exact) mass is 491 g/mol. The maximum Gasteiger partial charge on any atom is 0.282 e. The van der Waals surface area contributed by atoms with Crippen LogP contribution in [0.3, 0.4) is 0 Å². The van der Waals surface area contributed by atoms with Crippen LogP contribution in [0, 0.1) is 0 Å². The van der Waals surface area contributed by atoms with Crippen LogP contribution in [0.25, 0.3) is 27.7 Å². The normalized spacial score (nSPS) is 13.9. The van der Waals surface area contributed by atoms with Crippen LogP contribution in [0.15, 0.2) is 90.0 Å². The van der Waals surface area contributed by atoms with E-state index in [1.165, 1.54) is 4.68 Å². The zero-order valence-electron chi connectivity index (χ0n) is 20.4. The van der Waals surface area contributed by atoms with E-state index < -0.39 is 0 Å². The van der Waals surface area contributed by atoms with E-state index in [0.29, 0.717) is 54.3 Å². The molecule has 1 fully saturated rings. The lowest BCUT2D eigenvalue weighted by Crippen LogP contribution is -2.50. The molecule has 3 aromatic rings. The van der Waals surface area contributed by atoms with Crippen LogP contribution in [-0.2, 0) is 7.05 Å². The predicted molar refractivity (Wildman–Crippen MR) is 141 cm³/mol. The van der Waals surface area contributed by atoms with E-state index in [2.05, 4.69) is 5.10 Å². The summed E-state index contributed by atoms with van der Waals surface area (Å²) in [6.45, 7) is 1.67. The Balaban J connectivity index is 1.25. The molecule has 8 nitrogen and oxygen atoms in total. The molecule has 37 heavy (non-hydrogen) atoms. The van der Waals surface area contributed by atoms with Gasteiger partial charge in [0, 0.05) is 51.2 Å². The average Bonchev–Trinajstić information content (AvgIpc) is 3.28. The SMILES string of the molecule is Cn1cc(C(=O)N2CCN(C(=O)c3cccc4ccccc34)CC2)c2nn(-c3ccccc3)c(=O)c-2c1. The van der Waals surface area contributed by atoms with Gasteiger partial charge in [-0.3, -0.25) is 14.4 Å². The van der Waals surface area contributed by atoms with E-state index in [1.54, 1.807) is 45.9 Å². The first-order valence-corrected chi connectivity index (χ1v) is 12.2. The van der Waals surface area contributed by atoms with Gasteiger partial charge in [-0.05, 0) is 29.0 Å². The van der Waals surface area contributed by atoms with E-state index in [9.17, 15) is 14.4 Å². The molecule has 0 unspecified atom stereocenters. The van der Waals surface area contributed by atoms with Gasteiger partial charge >= 0.3 is 0 Å². The third-order valence-corrected chi connectivity index (χ3v) is 6.90. The third-order valence-electron chi connectivity index (χ3n) is 6.90. The van der Waals surface area contributed by atoms with Crippen molar-refractivity contribution in [3.8, 4) is 16.9 Å². The van der Waals surface area contributed by atoms with Crippen LogP contribution in [-0.4, -0.2) is 62.1 Å². The summed E-state index contributed by atoms with van der Waals surface area (Å²) in [7, 11) is 1.79. The smallest absolute Gasteiger partial charge is 0.282 e. The molecular formula is C29H25N5O3. The highest BCUT2D eigenvalue weighted by Crippen LogP contribution is 2.25. The fourth-order valence-electron chi connectivity index (χ4n) is 5.00. The van der Waals surface area contributed by atoms with Gasteiger partial charge in [-0.25, -0.2) is 0 Å². The van der Waals surface area contributed by atoms with Crippen molar-refractivity contribution in [3.63, 3.8) is 0 Å². The number of benzene rings is 3. The van der Waals surface area contributed by atoms with Crippen LogP contribution in [0.4, 0.5) is 0 Å². The molecule has 3 aromatic carbocycles. The molecule has 3 heterocycles. The molecule has 0 saturated carbocycles. The van der Waals surface area contributed by atoms with E-state index in [0.717, 1.165) is 10.8 Å². The first kappa shape index (κ1) is 22.7. The van der Waals surface area contributed by atoms with Crippen molar-refractivity contribution in [2.24, 2.45) is 7.05 Å². The Labute approximate surface area is 213 Å². The number of piperazine rings is 1. The van der Waals surface area contributed by atoms with Gasteiger partial charge in [-0.1, -0.05) is 54.6 Å². The van der Waals surface area contributed by atoms with E-state index in [4.69, 9.17) is 0 Å². The second-order valence-corrected chi connectivity index (χ2v) is 9.26. The van der Waals surface area contributed by atoms with Gasteiger partial charge in [-0.2, -0.15) is 9.78 Å². The Morgan fingerprint density at radius 3 is 2.08 bits per heavy atom. The Hall–Kier alpha value is -4.72. The molecule has 0 radical (unpaired) electrons. The second-order valence-electron chi connectivity index (χ2n) is 9.26. The lowest BCUT2D eigenvalue weighted by atomic mass is 10.0. The van der Waals surface area contributed by atoms with Gasteiger partial charge in [0.2, 0.25) is 0 Å². The topological polar surface area (TPSA) is 80.4 Å². The maximum atomic E-state index is 13.6. The fourth-order valence-corrected chi connectivity index (χ4v) is 5.00. The Kier molecular flexibility index (Phi) is 5.56. The lowest BCUT2D eigenvalue weighted by molar-refractivity contribution is 0.0536. The molecule has 0 aromatic heterocycles. The van der Waals surface area contributed by atoms with Crippen molar-refractivity contribution in [1.82, 2.24) is 24.1 Å². The number of aromatic nitrogens is 3. The van der Waals surface area contributed by atoms with Crippen molar-refractivity contribution >= 4 is 22.6 Å². The van der Waals surface area contributed by atoms with Crippen LogP contribution >= 0.6 is 0 Å². The number of nitrogens with zero attached hydrogens (tertiary/aromatic N) is 5. The minimum absolute atomic E-state index is 0.0324. The number of carbonyl (C=O) groups is 2. The predicted octanol–water partition coefficient (Wildman–Crippen LogP) is 3.43. The van der Waals surface area contributed by atoms with Crippen molar-refractivity contribution in [2.45, 2.75) is 0 Å². The van der Waals surface area contributed by atoms with Gasteiger partial charge in [0.25, 0.3) is 17.4 Å². The molecule has 1 saturated heterocycles. The van der Waals surface area contributed by atoms with Crippen LogP contribution < -0.4 is 5.56 Å².